The maximum Gasteiger partial charge on any atom is 0.259 e. The van der Waals surface area contributed by atoms with E-state index in [1.165, 1.54) is 0 Å². The second kappa shape index (κ2) is 6.64. The largest absolute Gasteiger partial charge is 0.304 e. The molecule has 0 aliphatic heterocycles. The average molecular weight is 363 g/mol. The quantitative estimate of drug-likeness (QED) is 0.534. The lowest BCUT2D eigenvalue weighted by Gasteiger charge is -2.06. The first-order valence-corrected chi connectivity index (χ1v) is 8.33. The van der Waals surface area contributed by atoms with Crippen molar-refractivity contribution >= 4 is 22.6 Å². The van der Waals surface area contributed by atoms with E-state index in [1.807, 2.05) is 49.4 Å². The van der Waals surface area contributed by atoms with E-state index in [0.29, 0.717) is 11.5 Å². The van der Waals surface area contributed by atoms with Gasteiger partial charge in [-0.05, 0) is 47.9 Å². The molecule has 27 heavy (non-hydrogen) atoms. The first-order valence-electron chi connectivity index (χ1n) is 8.33. The average Bonchev–Trinajstić information content (AvgIpc) is 3.04. The lowest BCUT2D eigenvalue weighted by atomic mass is 10.00. The molecule has 0 saturated carbocycles. The first-order chi connectivity index (χ1) is 13.0. The van der Waals surface area contributed by atoms with Crippen LogP contribution in [0.25, 0.3) is 22.0 Å². The number of nitrogens with zero attached hydrogens (tertiary/aromatic N) is 1. The summed E-state index contributed by atoms with van der Waals surface area (Å²) in [4.78, 5) is 12.3. The molecule has 0 bridgehead atoms. The minimum absolute atomic E-state index is 0.246. The van der Waals surface area contributed by atoms with E-state index < -0.39 is 17.5 Å². The van der Waals surface area contributed by atoms with Crippen molar-refractivity contribution in [3.63, 3.8) is 0 Å². The number of rotatable bonds is 3. The minimum Gasteiger partial charge on any atom is -0.304 e. The molecule has 1 aromatic heterocycles. The third-order valence-electron chi connectivity index (χ3n) is 4.43. The molecule has 134 valence electrons. The highest BCUT2D eigenvalue weighted by atomic mass is 19.1. The lowest BCUT2D eigenvalue weighted by molar-refractivity contribution is 0.102. The number of benzene rings is 3. The van der Waals surface area contributed by atoms with E-state index >= 15 is 0 Å². The molecule has 3 aromatic carbocycles. The molecule has 2 N–H and O–H groups in total. The minimum atomic E-state index is -0.922. The normalized spacial score (nSPS) is 10.9. The molecule has 1 heterocycles. The number of fused-ring (bicyclic) bond motifs is 1. The van der Waals surface area contributed by atoms with Crippen LogP contribution in [0.1, 0.15) is 15.9 Å². The van der Waals surface area contributed by atoms with Crippen molar-refractivity contribution in [3.8, 4) is 11.1 Å². The molecule has 4 nitrogen and oxygen atoms in total. The van der Waals surface area contributed by atoms with Gasteiger partial charge in [0.2, 0.25) is 0 Å². The second-order valence-corrected chi connectivity index (χ2v) is 6.23. The Balaban J connectivity index is 1.66. The highest BCUT2D eigenvalue weighted by Gasteiger charge is 2.16. The van der Waals surface area contributed by atoms with Crippen molar-refractivity contribution in [1.29, 1.82) is 0 Å². The fourth-order valence-electron chi connectivity index (χ4n) is 3.03. The highest BCUT2D eigenvalue weighted by molar-refractivity contribution is 6.08. The van der Waals surface area contributed by atoms with E-state index in [2.05, 4.69) is 15.5 Å². The summed E-state index contributed by atoms with van der Waals surface area (Å²) in [6, 6.07) is 16.6. The smallest absolute Gasteiger partial charge is 0.259 e. The number of carbonyl (C=O) groups excluding carboxylic acids is 1. The summed E-state index contributed by atoms with van der Waals surface area (Å²) >= 11 is 0. The number of aryl methyl sites for hydroxylation is 1. The summed E-state index contributed by atoms with van der Waals surface area (Å²) in [5.41, 5.74) is 3.77. The van der Waals surface area contributed by atoms with E-state index in [-0.39, 0.29) is 11.4 Å². The third-order valence-corrected chi connectivity index (χ3v) is 4.43. The van der Waals surface area contributed by atoms with Crippen LogP contribution in [0.2, 0.25) is 0 Å². The Hall–Kier alpha value is -3.54. The predicted molar refractivity (Wildman–Crippen MR) is 101 cm³/mol. The molecule has 0 unspecified atom stereocenters. The molecule has 1 amide bonds. The predicted octanol–water partition coefficient (Wildman–Crippen LogP) is 5.07. The van der Waals surface area contributed by atoms with Gasteiger partial charge in [-0.25, -0.2) is 8.78 Å². The number of amides is 1. The van der Waals surface area contributed by atoms with Crippen molar-refractivity contribution in [2.45, 2.75) is 6.92 Å². The SMILES string of the molecule is Cc1ccccc1-c1ccc2c(NC(=O)c3ccc(F)cc3F)n[nH]c2c1. The molecule has 0 aliphatic rings. The van der Waals surface area contributed by atoms with Crippen molar-refractivity contribution in [3.05, 3.63) is 83.4 Å². The summed E-state index contributed by atoms with van der Waals surface area (Å²) in [5.74, 6) is -2.06. The van der Waals surface area contributed by atoms with Crippen LogP contribution in [0.15, 0.2) is 60.7 Å². The number of hydrogen-bond acceptors (Lipinski definition) is 2. The Labute approximate surface area is 153 Å². The van der Waals surface area contributed by atoms with Gasteiger partial charge in [-0.1, -0.05) is 30.3 Å². The zero-order chi connectivity index (χ0) is 19.0. The highest BCUT2D eigenvalue weighted by Crippen LogP contribution is 2.29. The van der Waals surface area contributed by atoms with Gasteiger partial charge in [0.05, 0.1) is 11.1 Å². The number of hydrogen-bond donors (Lipinski definition) is 2. The fraction of sp³-hybridized carbons (Fsp3) is 0.0476. The number of H-pyrrole nitrogens is 1. The number of anilines is 1. The molecular weight excluding hydrogens is 348 g/mol. The van der Waals surface area contributed by atoms with Gasteiger partial charge < -0.3 is 5.32 Å². The maximum atomic E-state index is 13.8. The van der Waals surface area contributed by atoms with Gasteiger partial charge in [0.25, 0.3) is 5.91 Å². The number of aromatic amines is 1. The van der Waals surface area contributed by atoms with Gasteiger partial charge in [0, 0.05) is 11.5 Å². The Bertz CT molecular complexity index is 1170. The Kier molecular flexibility index (Phi) is 4.16. The summed E-state index contributed by atoms with van der Waals surface area (Å²) < 4.78 is 26.8. The second-order valence-electron chi connectivity index (χ2n) is 6.23. The van der Waals surface area contributed by atoms with Crippen LogP contribution >= 0.6 is 0 Å². The molecule has 0 saturated heterocycles. The maximum absolute atomic E-state index is 13.8. The van der Waals surface area contributed by atoms with Gasteiger partial charge in [0.1, 0.15) is 11.6 Å². The fourth-order valence-corrected chi connectivity index (χ4v) is 3.03. The first kappa shape index (κ1) is 16.9. The standard InChI is InChI=1S/C21H15F2N3O/c1-12-4-2-3-5-15(12)13-6-8-17-19(10-13)25-26-20(17)24-21(27)16-9-7-14(22)11-18(16)23/h2-11H,1H3,(H2,24,25,26,27). The van der Waals surface area contributed by atoms with E-state index in [1.54, 1.807) is 0 Å². The van der Waals surface area contributed by atoms with E-state index in [9.17, 15) is 13.6 Å². The molecule has 4 aromatic rings. The zero-order valence-corrected chi connectivity index (χ0v) is 14.4. The number of halogens is 2. The van der Waals surface area contributed by atoms with Crippen LogP contribution in [0.5, 0.6) is 0 Å². The number of aromatic nitrogens is 2. The van der Waals surface area contributed by atoms with Gasteiger partial charge >= 0.3 is 0 Å². The van der Waals surface area contributed by atoms with E-state index in [0.717, 1.165) is 34.3 Å². The molecule has 0 radical (unpaired) electrons. The zero-order valence-electron chi connectivity index (χ0n) is 14.4. The lowest BCUT2D eigenvalue weighted by Crippen LogP contribution is -2.14. The monoisotopic (exact) mass is 363 g/mol. The molecule has 0 aliphatic carbocycles. The summed E-state index contributed by atoms with van der Waals surface area (Å²) in [7, 11) is 0. The molecular formula is C21H15F2N3O. The van der Waals surface area contributed by atoms with Gasteiger partial charge in [-0.15, -0.1) is 0 Å². The van der Waals surface area contributed by atoms with Crippen LogP contribution in [-0.4, -0.2) is 16.1 Å². The van der Waals surface area contributed by atoms with Gasteiger partial charge in [0.15, 0.2) is 5.82 Å². The van der Waals surface area contributed by atoms with E-state index in [4.69, 9.17) is 0 Å². The molecule has 0 atom stereocenters. The number of nitrogens with one attached hydrogen (secondary N) is 2. The molecule has 6 heteroatoms. The van der Waals surface area contributed by atoms with Gasteiger partial charge in [-0.3, -0.25) is 9.89 Å². The Morgan fingerprint density at radius 1 is 1.04 bits per heavy atom. The van der Waals surface area contributed by atoms with Crippen molar-refractivity contribution in [2.75, 3.05) is 5.32 Å². The third kappa shape index (κ3) is 3.17. The van der Waals surface area contributed by atoms with Crippen LogP contribution in [0.3, 0.4) is 0 Å². The van der Waals surface area contributed by atoms with Crippen molar-refractivity contribution < 1.29 is 13.6 Å². The Morgan fingerprint density at radius 2 is 1.85 bits per heavy atom. The summed E-state index contributed by atoms with van der Waals surface area (Å²) in [6.45, 7) is 2.04. The molecule has 0 spiro atoms. The van der Waals surface area contributed by atoms with Crippen LogP contribution in [-0.2, 0) is 0 Å². The van der Waals surface area contributed by atoms with Gasteiger partial charge in [-0.2, -0.15) is 5.10 Å². The number of carbonyl (C=O) groups is 1. The van der Waals surface area contributed by atoms with Crippen LogP contribution < -0.4 is 5.32 Å². The molecule has 4 rings (SSSR count). The Morgan fingerprint density at radius 3 is 2.63 bits per heavy atom. The van der Waals surface area contributed by atoms with Crippen LogP contribution in [0.4, 0.5) is 14.6 Å². The summed E-state index contributed by atoms with van der Waals surface area (Å²) in [6.07, 6.45) is 0. The topological polar surface area (TPSA) is 57.8 Å². The molecule has 0 fully saturated rings. The van der Waals surface area contributed by atoms with Crippen LogP contribution in [0, 0.1) is 18.6 Å². The summed E-state index contributed by atoms with van der Waals surface area (Å²) in [5, 5.41) is 10.3. The van der Waals surface area contributed by atoms with Crippen molar-refractivity contribution in [1.82, 2.24) is 10.2 Å². The van der Waals surface area contributed by atoms with Crippen molar-refractivity contribution in [2.24, 2.45) is 0 Å².